The van der Waals surface area contributed by atoms with Crippen molar-refractivity contribution < 1.29 is 9.53 Å². The maximum absolute atomic E-state index is 12.2. The lowest BCUT2D eigenvalue weighted by Crippen LogP contribution is -2.41. The summed E-state index contributed by atoms with van der Waals surface area (Å²) in [6, 6.07) is 8.12. The largest absolute Gasteiger partial charge is 0.460 e. The van der Waals surface area contributed by atoms with Crippen LogP contribution in [-0.2, 0) is 15.1 Å². The van der Waals surface area contributed by atoms with Gasteiger partial charge in [0.15, 0.2) is 0 Å². The van der Waals surface area contributed by atoms with E-state index in [9.17, 15) is 4.79 Å². The fraction of sp³-hybridized carbons (Fsp3) is 0.600. The number of rotatable bonds is 3. The molecule has 1 saturated carbocycles. The van der Waals surface area contributed by atoms with Gasteiger partial charge in [-0.25, -0.2) is 0 Å². The maximum atomic E-state index is 12.2. The predicted molar refractivity (Wildman–Crippen MR) is 105 cm³/mol. The van der Waals surface area contributed by atoms with Crippen molar-refractivity contribution in [1.82, 2.24) is 0 Å². The van der Waals surface area contributed by atoms with Gasteiger partial charge in [0.1, 0.15) is 5.60 Å². The summed E-state index contributed by atoms with van der Waals surface area (Å²) in [7, 11) is 0. The van der Waals surface area contributed by atoms with E-state index in [1.807, 2.05) is 32.9 Å². The SMILES string of the molecule is CC(C)(C)OC(=O)CC1=N[C@@]2(c3cccc(N)c3)CCCC[C@H]2CS1. The molecule has 2 N–H and O–H groups in total. The van der Waals surface area contributed by atoms with Crippen LogP contribution in [-0.4, -0.2) is 22.4 Å². The van der Waals surface area contributed by atoms with Crippen molar-refractivity contribution in [1.29, 1.82) is 0 Å². The molecule has 0 radical (unpaired) electrons. The van der Waals surface area contributed by atoms with E-state index in [2.05, 4.69) is 12.1 Å². The number of carbonyl (C=O) groups excluding carboxylic acids is 1. The number of fused-ring (bicyclic) bond motifs is 1. The molecule has 1 aromatic rings. The molecule has 1 fully saturated rings. The summed E-state index contributed by atoms with van der Waals surface area (Å²) in [6.07, 6.45) is 4.90. The van der Waals surface area contributed by atoms with Gasteiger partial charge in [0, 0.05) is 11.4 Å². The molecule has 2 aliphatic rings. The highest BCUT2D eigenvalue weighted by atomic mass is 32.2. The van der Waals surface area contributed by atoms with Gasteiger partial charge in [0.25, 0.3) is 0 Å². The minimum absolute atomic E-state index is 0.198. The molecule has 0 saturated heterocycles. The first-order chi connectivity index (χ1) is 11.8. The third kappa shape index (κ3) is 4.20. The van der Waals surface area contributed by atoms with Gasteiger partial charge < -0.3 is 10.5 Å². The number of nitrogens with zero attached hydrogens (tertiary/aromatic N) is 1. The molecule has 2 atom stereocenters. The number of aliphatic imine (C=N–C) groups is 1. The lowest BCUT2D eigenvalue weighted by Gasteiger charge is -2.45. The summed E-state index contributed by atoms with van der Waals surface area (Å²) in [6.45, 7) is 5.68. The van der Waals surface area contributed by atoms with E-state index in [1.54, 1.807) is 11.8 Å². The van der Waals surface area contributed by atoms with Crippen LogP contribution in [0, 0.1) is 5.92 Å². The molecule has 1 aliphatic carbocycles. The number of hydrogen-bond acceptors (Lipinski definition) is 5. The van der Waals surface area contributed by atoms with E-state index in [1.165, 1.54) is 24.8 Å². The summed E-state index contributed by atoms with van der Waals surface area (Å²) < 4.78 is 5.48. The van der Waals surface area contributed by atoms with Crippen LogP contribution in [0.1, 0.15) is 58.4 Å². The summed E-state index contributed by atoms with van der Waals surface area (Å²) in [5.41, 5.74) is 7.32. The van der Waals surface area contributed by atoms with E-state index in [4.69, 9.17) is 15.5 Å². The third-order valence-electron chi connectivity index (χ3n) is 4.91. The highest BCUT2D eigenvalue weighted by Gasteiger charge is 2.45. The van der Waals surface area contributed by atoms with Crippen LogP contribution in [0.2, 0.25) is 0 Å². The Morgan fingerprint density at radius 3 is 2.92 bits per heavy atom. The summed E-state index contributed by atoms with van der Waals surface area (Å²) in [4.78, 5) is 17.4. The molecule has 1 aromatic carbocycles. The Hall–Kier alpha value is -1.49. The van der Waals surface area contributed by atoms with Gasteiger partial charge in [0.05, 0.1) is 17.0 Å². The molecule has 0 amide bonds. The van der Waals surface area contributed by atoms with E-state index in [-0.39, 0.29) is 17.9 Å². The van der Waals surface area contributed by atoms with Gasteiger partial charge in [-0.2, -0.15) is 0 Å². The number of benzene rings is 1. The van der Waals surface area contributed by atoms with Gasteiger partial charge in [-0.1, -0.05) is 25.0 Å². The second-order valence-corrected chi connectivity index (χ2v) is 9.17. The molecular formula is C20H28N2O2S. The van der Waals surface area contributed by atoms with Crippen molar-refractivity contribution >= 4 is 28.5 Å². The molecule has 0 bridgehead atoms. The Morgan fingerprint density at radius 2 is 2.20 bits per heavy atom. The van der Waals surface area contributed by atoms with Gasteiger partial charge in [-0.05, 0) is 57.2 Å². The van der Waals surface area contributed by atoms with Crippen LogP contribution in [0.3, 0.4) is 0 Å². The Balaban J connectivity index is 1.90. The average molecular weight is 361 g/mol. The van der Waals surface area contributed by atoms with Crippen LogP contribution in [0.4, 0.5) is 5.69 Å². The quantitative estimate of drug-likeness (QED) is 0.635. The average Bonchev–Trinajstić information content (AvgIpc) is 2.52. The smallest absolute Gasteiger partial charge is 0.312 e. The molecule has 3 rings (SSSR count). The Labute approximate surface area is 154 Å². The number of ether oxygens (including phenoxy) is 1. The van der Waals surface area contributed by atoms with E-state index in [0.29, 0.717) is 5.92 Å². The second kappa shape index (κ2) is 7.02. The first-order valence-corrected chi connectivity index (χ1v) is 10.1. The van der Waals surface area contributed by atoms with Crippen LogP contribution in [0.15, 0.2) is 29.3 Å². The maximum Gasteiger partial charge on any atom is 0.312 e. The summed E-state index contributed by atoms with van der Waals surface area (Å²) in [5.74, 6) is 1.32. The normalized spacial score (nSPS) is 26.5. The number of nitrogens with two attached hydrogens (primary N) is 1. The van der Waals surface area contributed by atoms with Crippen molar-refractivity contribution in [3.8, 4) is 0 Å². The highest BCUT2D eigenvalue weighted by molar-refractivity contribution is 8.14. The van der Waals surface area contributed by atoms with Gasteiger partial charge >= 0.3 is 5.97 Å². The molecule has 4 nitrogen and oxygen atoms in total. The van der Waals surface area contributed by atoms with Gasteiger partial charge in [-0.15, -0.1) is 11.8 Å². The first-order valence-electron chi connectivity index (χ1n) is 9.08. The molecule has 0 unspecified atom stereocenters. The number of thioether (sulfide) groups is 1. The molecule has 1 aliphatic heterocycles. The lowest BCUT2D eigenvalue weighted by molar-refractivity contribution is -0.153. The molecule has 136 valence electrons. The summed E-state index contributed by atoms with van der Waals surface area (Å²) >= 11 is 1.72. The van der Waals surface area contributed by atoms with Crippen molar-refractivity contribution in [2.75, 3.05) is 11.5 Å². The van der Waals surface area contributed by atoms with E-state index < -0.39 is 5.60 Å². The Bertz CT molecular complexity index is 681. The minimum Gasteiger partial charge on any atom is -0.460 e. The van der Waals surface area contributed by atoms with Crippen molar-refractivity contribution in [3.05, 3.63) is 29.8 Å². The predicted octanol–water partition coefficient (Wildman–Crippen LogP) is 4.53. The number of hydrogen-bond donors (Lipinski definition) is 1. The van der Waals surface area contributed by atoms with Gasteiger partial charge in [0.2, 0.25) is 0 Å². The zero-order valence-corrected chi connectivity index (χ0v) is 16.2. The van der Waals surface area contributed by atoms with Crippen LogP contribution in [0.25, 0.3) is 0 Å². The van der Waals surface area contributed by atoms with E-state index >= 15 is 0 Å². The highest BCUT2D eigenvalue weighted by Crippen LogP contribution is 2.50. The van der Waals surface area contributed by atoms with Crippen LogP contribution >= 0.6 is 11.8 Å². The number of esters is 1. The van der Waals surface area contributed by atoms with E-state index in [0.717, 1.165) is 22.9 Å². The van der Waals surface area contributed by atoms with Crippen molar-refractivity contribution in [3.63, 3.8) is 0 Å². The number of nitrogen functional groups attached to an aromatic ring is 1. The fourth-order valence-corrected chi connectivity index (χ4v) is 5.18. The number of carbonyl (C=O) groups is 1. The Kier molecular flexibility index (Phi) is 5.14. The zero-order valence-electron chi connectivity index (χ0n) is 15.4. The molecule has 1 heterocycles. The monoisotopic (exact) mass is 360 g/mol. The Morgan fingerprint density at radius 1 is 1.40 bits per heavy atom. The third-order valence-corrected chi connectivity index (χ3v) is 6.05. The zero-order chi connectivity index (χ0) is 18.1. The van der Waals surface area contributed by atoms with Crippen LogP contribution in [0.5, 0.6) is 0 Å². The standard InChI is InChI=1S/C20H28N2O2S/c1-19(2,3)24-18(23)12-17-22-20(14-8-6-9-16(21)11-14)10-5-4-7-15(20)13-25-17/h6,8-9,11,15H,4-5,7,10,12-13,21H2,1-3H3/t15-,20+/m0/s1. The lowest BCUT2D eigenvalue weighted by atomic mass is 9.69. The summed E-state index contributed by atoms with van der Waals surface area (Å²) in [5, 5.41) is 0.898. The van der Waals surface area contributed by atoms with Gasteiger partial charge in [-0.3, -0.25) is 9.79 Å². The first kappa shape index (κ1) is 18.3. The fourth-order valence-electron chi connectivity index (χ4n) is 3.89. The molecule has 0 spiro atoms. The van der Waals surface area contributed by atoms with Crippen LogP contribution < -0.4 is 5.73 Å². The molecule has 25 heavy (non-hydrogen) atoms. The van der Waals surface area contributed by atoms with Crippen molar-refractivity contribution in [2.24, 2.45) is 10.9 Å². The van der Waals surface area contributed by atoms with Crippen molar-refractivity contribution in [2.45, 2.75) is 64.0 Å². The molecule has 5 heteroatoms. The topological polar surface area (TPSA) is 64.7 Å². The second-order valence-electron chi connectivity index (χ2n) is 8.07. The number of anilines is 1. The molecule has 0 aromatic heterocycles. The molecular weight excluding hydrogens is 332 g/mol. The minimum atomic E-state index is -0.462.